The molecule has 1 aromatic heterocycles. The van der Waals surface area contributed by atoms with Crippen molar-refractivity contribution in [1.82, 2.24) is 14.8 Å². The Labute approximate surface area is 213 Å². The van der Waals surface area contributed by atoms with Gasteiger partial charge in [0.2, 0.25) is 5.91 Å². The van der Waals surface area contributed by atoms with E-state index in [9.17, 15) is 9.59 Å². The van der Waals surface area contributed by atoms with Crippen molar-refractivity contribution in [2.75, 3.05) is 33.8 Å². The number of hydrogen-bond acceptors (Lipinski definition) is 4. The Bertz CT molecular complexity index is 1270. The smallest absolute Gasteiger partial charge is 0.330 e. The van der Waals surface area contributed by atoms with Crippen LogP contribution in [0.25, 0.3) is 22.6 Å². The number of benzene rings is 2. The maximum absolute atomic E-state index is 12.9. The van der Waals surface area contributed by atoms with Crippen LogP contribution in [0.4, 0.5) is 0 Å². The van der Waals surface area contributed by atoms with Crippen LogP contribution < -0.4 is 0 Å². The van der Waals surface area contributed by atoms with E-state index in [-0.39, 0.29) is 17.8 Å². The lowest BCUT2D eigenvalue weighted by Gasteiger charge is -2.40. The molecule has 2 heterocycles. The fraction of sp³-hybridized carbons (Fsp3) is 0.333. The van der Waals surface area contributed by atoms with Crippen LogP contribution in [0.15, 0.2) is 66.9 Å². The summed E-state index contributed by atoms with van der Waals surface area (Å²) in [5, 5.41) is 1.34. The van der Waals surface area contributed by atoms with Crippen LogP contribution in [0.5, 0.6) is 0 Å². The number of hydrogen-bond donors (Lipinski definition) is 1. The molecular formula is C30H35N3O3. The Morgan fingerprint density at radius 2 is 1.86 bits per heavy atom. The molecule has 2 aromatic carbocycles. The number of rotatable bonds is 5. The van der Waals surface area contributed by atoms with Crippen LogP contribution in [0.2, 0.25) is 0 Å². The van der Waals surface area contributed by atoms with Gasteiger partial charge in [-0.3, -0.25) is 9.69 Å². The first-order valence-electron chi connectivity index (χ1n) is 12.6. The number of ether oxygens (including phenoxy) is 1. The number of aromatic nitrogens is 1. The quantitative estimate of drug-likeness (QED) is 0.417. The zero-order valence-electron chi connectivity index (χ0n) is 21.5. The topological polar surface area (TPSA) is 65.6 Å². The van der Waals surface area contributed by atoms with E-state index in [1.165, 1.54) is 40.8 Å². The fourth-order valence-electron chi connectivity index (χ4n) is 5.17. The zero-order chi connectivity index (χ0) is 25.7. The lowest BCUT2D eigenvalue weighted by atomic mass is 9.79. The summed E-state index contributed by atoms with van der Waals surface area (Å²) in [5.74, 6) is -0.124. The van der Waals surface area contributed by atoms with E-state index in [1.54, 1.807) is 6.08 Å². The number of methoxy groups -OCH3 is 1. The number of aromatic amines is 1. The Morgan fingerprint density at radius 1 is 1.11 bits per heavy atom. The number of amides is 1. The second-order valence-electron chi connectivity index (χ2n) is 9.21. The van der Waals surface area contributed by atoms with E-state index in [0.717, 1.165) is 31.6 Å². The molecule has 6 heteroatoms. The average molecular weight is 486 g/mol. The molecule has 6 nitrogen and oxygen atoms in total. The molecule has 3 aromatic rings. The fourth-order valence-corrected chi connectivity index (χ4v) is 5.17. The van der Waals surface area contributed by atoms with Gasteiger partial charge >= 0.3 is 5.97 Å². The standard InChI is InChI=1S/C20H25N3O.C10H10O2/c1-4-23(5-2)20(24)14-9-16-15-7-6-8-17-19(15)13(11-21-17)10-18(16)22(3)12-14;1-12-10(11)8-7-9-5-3-2-4-6-9/h6-9,11,14,18,21H,4-5,10,12H2,1-3H3;2-8H,1H3/b;8-7+/t14-,18-;/m1./s1. The van der Waals surface area contributed by atoms with Gasteiger partial charge in [-0.2, -0.15) is 0 Å². The molecule has 188 valence electrons. The van der Waals surface area contributed by atoms with Crippen molar-refractivity contribution in [1.29, 1.82) is 0 Å². The van der Waals surface area contributed by atoms with Gasteiger partial charge in [-0.1, -0.05) is 48.5 Å². The third-order valence-electron chi connectivity index (χ3n) is 7.07. The molecule has 2 aliphatic rings. The van der Waals surface area contributed by atoms with E-state index in [4.69, 9.17) is 0 Å². The van der Waals surface area contributed by atoms with Gasteiger partial charge in [-0.05, 0) is 61.7 Å². The molecule has 0 radical (unpaired) electrons. The summed E-state index contributed by atoms with van der Waals surface area (Å²) in [5.41, 5.74) is 6.20. The van der Waals surface area contributed by atoms with E-state index in [1.807, 2.05) is 35.2 Å². The van der Waals surface area contributed by atoms with Crippen LogP contribution >= 0.6 is 0 Å². The largest absolute Gasteiger partial charge is 0.466 e. The van der Waals surface area contributed by atoms with Crippen molar-refractivity contribution in [3.63, 3.8) is 0 Å². The first-order valence-corrected chi connectivity index (χ1v) is 12.6. The van der Waals surface area contributed by atoms with E-state index >= 15 is 0 Å². The molecule has 36 heavy (non-hydrogen) atoms. The highest BCUT2D eigenvalue weighted by Crippen LogP contribution is 2.40. The highest BCUT2D eigenvalue weighted by Gasteiger charge is 2.36. The van der Waals surface area contributed by atoms with Crippen LogP contribution in [0, 0.1) is 5.92 Å². The monoisotopic (exact) mass is 485 g/mol. The summed E-state index contributed by atoms with van der Waals surface area (Å²) in [6.07, 6.45) is 8.52. The minimum Gasteiger partial charge on any atom is -0.466 e. The zero-order valence-corrected chi connectivity index (χ0v) is 21.5. The number of carbonyl (C=O) groups is 2. The number of fused-ring (bicyclic) bond motifs is 2. The van der Waals surface area contributed by atoms with Gasteiger partial charge in [0.05, 0.1) is 13.0 Å². The van der Waals surface area contributed by atoms with E-state index in [0.29, 0.717) is 6.04 Å². The normalized spacial score (nSPS) is 18.7. The minimum absolute atomic E-state index is 0.0445. The van der Waals surface area contributed by atoms with Gasteiger partial charge in [0.1, 0.15) is 0 Å². The van der Waals surface area contributed by atoms with Gasteiger partial charge in [0, 0.05) is 48.9 Å². The number of nitrogens with one attached hydrogen (secondary N) is 1. The summed E-state index contributed by atoms with van der Waals surface area (Å²) >= 11 is 0. The molecule has 0 spiro atoms. The summed E-state index contributed by atoms with van der Waals surface area (Å²) in [6, 6.07) is 16.4. The molecule has 1 aliphatic heterocycles. The minimum atomic E-state index is -0.334. The lowest BCUT2D eigenvalue weighted by molar-refractivity contribution is -0.135. The molecule has 0 fully saturated rings. The number of esters is 1. The first kappa shape index (κ1) is 25.5. The molecular weight excluding hydrogens is 450 g/mol. The molecule has 1 amide bonds. The highest BCUT2D eigenvalue weighted by molar-refractivity contribution is 5.99. The Hall–Kier alpha value is -3.64. The first-order chi connectivity index (χ1) is 17.5. The molecule has 0 saturated heterocycles. The summed E-state index contributed by atoms with van der Waals surface area (Å²) < 4.78 is 4.45. The third kappa shape index (κ3) is 5.29. The highest BCUT2D eigenvalue weighted by atomic mass is 16.5. The number of carbonyl (C=O) groups excluding carboxylic acids is 2. The Morgan fingerprint density at radius 3 is 2.56 bits per heavy atom. The second-order valence-corrected chi connectivity index (χ2v) is 9.21. The molecule has 1 N–H and O–H groups in total. The van der Waals surface area contributed by atoms with Gasteiger partial charge < -0.3 is 14.6 Å². The van der Waals surface area contributed by atoms with Crippen molar-refractivity contribution >= 4 is 34.4 Å². The van der Waals surface area contributed by atoms with Gasteiger partial charge in [-0.25, -0.2) is 4.79 Å². The Balaban J connectivity index is 0.000000214. The van der Waals surface area contributed by atoms with Crippen LogP contribution in [-0.4, -0.2) is 66.5 Å². The molecule has 0 unspecified atom stereocenters. The Kier molecular flexibility index (Phi) is 8.06. The van der Waals surface area contributed by atoms with Gasteiger partial charge in [0.25, 0.3) is 0 Å². The maximum atomic E-state index is 12.9. The van der Waals surface area contributed by atoms with Crippen molar-refractivity contribution in [2.24, 2.45) is 5.92 Å². The van der Waals surface area contributed by atoms with Crippen LogP contribution in [0.1, 0.15) is 30.5 Å². The van der Waals surface area contributed by atoms with Gasteiger partial charge in [0.15, 0.2) is 0 Å². The predicted molar refractivity (Wildman–Crippen MR) is 145 cm³/mol. The van der Waals surface area contributed by atoms with Crippen molar-refractivity contribution in [3.8, 4) is 0 Å². The summed E-state index contributed by atoms with van der Waals surface area (Å²) in [7, 11) is 3.51. The van der Waals surface area contributed by atoms with Crippen molar-refractivity contribution in [3.05, 3.63) is 83.6 Å². The van der Waals surface area contributed by atoms with Crippen LogP contribution in [-0.2, 0) is 20.7 Å². The molecule has 2 atom stereocenters. The second kappa shape index (κ2) is 11.4. The number of likely N-dealkylation sites (N-methyl/N-ethyl adjacent to an activating group) is 1. The van der Waals surface area contributed by atoms with Crippen LogP contribution in [0.3, 0.4) is 0 Å². The molecule has 0 saturated carbocycles. The lowest BCUT2D eigenvalue weighted by Crippen LogP contribution is -2.47. The predicted octanol–water partition coefficient (Wildman–Crippen LogP) is 4.78. The molecule has 5 rings (SSSR count). The van der Waals surface area contributed by atoms with Crippen molar-refractivity contribution in [2.45, 2.75) is 26.3 Å². The van der Waals surface area contributed by atoms with Gasteiger partial charge in [-0.15, -0.1) is 0 Å². The summed E-state index contributed by atoms with van der Waals surface area (Å²) in [6.45, 7) is 6.47. The third-order valence-corrected chi connectivity index (χ3v) is 7.07. The maximum Gasteiger partial charge on any atom is 0.330 e. The molecule has 1 aliphatic carbocycles. The number of H-pyrrole nitrogens is 1. The van der Waals surface area contributed by atoms with E-state index in [2.05, 4.69) is 66.0 Å². The summed E-state index contributed by atoms with van der Waals surface area (Å²) in [4.78, 5) is 31.2. The molecule has 0 bridgehead atoms. The number of nitrogens with zero attached hydrogens (tertiary/aromatic N) is 2. The van der Waals surface area contributed by atoms with Crippen molar-refractivity contribution < 1.29 is 14.3 Å². The SMILES string of the molecule is CCN(CC)C(=O)[C@@H]1C=C2c3cccc4[nH]cc(c34)C[C@H]2N(C)C1.COC(=O)/C=C/c1ccccc1. The average Bonchev–Trinajstić information content (AvgIpc) is 3.33. The van der Waals surface area contributed by atoms with E-state index < -0.39 is 0 Å².